The number of alkyl halides is 3. The van der Waals surface area contributed by atoms with Gasteiger partial charge in [0.25, 0.3) is 0 Å². The average molecular weight is 514 g/mol. The lowest BCUT2D eigenvalue weighted by Crippen LogP contribution is -2.40. The van der Waals surface area contributed by atoms with Gasteiger partial charge in [0, 0.05) is 18.5 Å². The topological polar surface area (TPSA) is 72.4 Å². The molecule has 0 saturated carbocycles. The Hall–Kier alpha value is -4.21. The van der Waals surface area contributed by atoms with Crippen molar-refractivity contribution in [2.45, 2.75) is 25.2 Å². The largest absolute Gasteiger partial charge is 0.496 e. The molecule has 1 unspecified atom stereocenters. The number of hydrogen-bond acceptors (Lipinski definition) is 5. The number of nitrogens with one attached hydrogen (secondary N) is 1. The summed E-state index contributed by atoms with van der Waals surface area (Å²) in [7, 11) is 3.04. The van der Waals surface area contributed by atoms with Gasteiger partial charge < -0.3 is 24.5 Å². The van der Waals surface area contributed by atoms with E-state index in [1.807, 2.05) is 24.3 Å². The van der Waals surface area contributed by atoms with E-state index in [0.717, 1.165) is 17.7 Å². The van der Waals surface area contributed by atoms with Crippen LogP contribution >= 0.6 is 0 Å². The minimum atomic E-state index is -4.49. The van der Waals surface area contributed by atoms with Crippen LogP contribution in [0.4, 0.5) is 23.7 Å². The highest BCUT2D eigenvalue weighted by Gasteiger charge is 2.32. The molecule has 7 nitrogen and oxygen atoms in total. The van der Waals surface area contributed by atoms with Gasteiger partial charge in [-0.15, -0.1) is 0 Å². The number of amides is 2. The Morgan fingerprint density at radius 3 is 2.46 bits per heavy atom. The van der Waals surface area contributed by atoms with E-state index in [1.54, 1.807) is 37.4 Å². The molecule has 0 radical (unpaired) electrons. The average Bonchev–Trinajstić information content (AvgIpc) is 3.36. The van der Waals surface area contributed by atoms with Crippen molar-refractivity contribution in [2.24, 2.45) is 5.16 Å². The lowest BCUT2D eigenvalue weighted by atomic mass is 10.0. The number of para-hydroxylation sites is 3. The van der Waals surface area contributed by atoms with Crippen molar-refractivity contribution in [1.29, 1.82) is 0 Å². The fourth-order valence-corrected chi connectivity index (χ4v) is 4.04. The molecule has 0 aliphatic carbocycles. The molecule has 3 aromatic carbocycles. The molecule has 0 saturated heterocycles. The van der Waals surface area contributed by atoms with Gasteiger partial charge in [0.2, 0.25) is 0 Å². The highest BCUT2D eigenvalue weighted by molar-refractivity contribution is 6.03. The number of anilines is 1. The van der Waals surface area contributed by atoms with Crippen molar-refractivity contribution in [3.8, 4) is 11.5 Å². The van der Waals surface area contributed by atoms with Crippen molar-refractivity contribution in [3.63, 3.8) is 0 Å². The molecular weight excluding hydrogens is 487 g/mol. The second-order valence-corrected chi connectivity index (χ2v) is 8.38. The van der Waals surface area contributed by atoms with Crippen LogP contribution < -0.4 is 14.8 Å². The van der Waals surface area contributed by atoms with Crippen LogP contribution in [0.1, 0.15) is 23.1 Å². The van der Waals surface area contributed by atoms with Crippen LogP contribution in [-0.2, 0) is 17.6 Å². The predicted molar refractivity (Wildman–Crippen MR) is 133 cm³/mol. The minimum Gasteiger partial charge on any atom is -0.496 e. The highest BCUT2D eigenvalue weighted by atomic mass is 19.4. The monoisotopic (exact) mass is 513 g/mol. The molecule has 0 fully saturated rings. The number of carbonyl (C=O) groups excluding carboxylic acids is 1. The van der Waals surface area contributed by atoms with Crippen molar-refractivity contribution in [1.82, 2.24) is 4.90 Å². The first-order chi connectivity index (χ1) is 17.8. The third-order valence-electron chi connectivity index (χ3n) is 5.84. The number of halogens is 3. The van der Waals surface area contributed by atoms with E-state index in [1.165, 1.54) is 18.1 Å². The second-order valence-electron chi connectivity index (χ2n) is 8.38. The molecule has 0 spiro atoms. The number of hydrogen-bond donors (Lipinski definition) is 1. The fourth-order valence-electron chi connectivity index (χ4n) is 4.04. The first-order valence-corrected chi connectivity index (χ1v) is 11.5. The van der Waals surface area contributed by atoms with E-state index in [2.05, 4.69) is 10.5 Å². The van der Waals surface area contributed by atoms with Gasteiger partial charge in [0.15, 0.2) is 6.10 Å². The normalized spacial score (nSPS) is 14.9. The number of oxime groups is 1. The smallest absolute Gasteiger partial charge is 0.416 e. The van der Waals surface area contributed by atoms with Crippen molar-refractivity contribution in [2.75, 3.05) is 26.1 Å². The SMILES string of the molecule is COc1ccccc1NC(=O)N(Cc1cccc(C(F)(F)F)c1)CC1CC(c2ccccc2OC)=NO1. The van der Waals surface area contributed by atoms with E-state index < -0.39 is 23.9 Å². The molecule has 1 atom stereocenters. The molecule has 10 heteroatoms. The molecule has 1 N–H and O–H groups in total. The predicted octanol–water partition coefficient (Wildman–Crippen LogP) is 5.95. The number of carbonyl (C=O) groups is 1. The summed E-state index contributed by atoms with van der Waals surface area (Å²) in [6.07, 6.45) is -4.61. The van der Waals surface area contributed by atoms with E-state index in [9.17, 15) is 18.0 Å². The summed E-state index contributed by atoms with van der Waals surface area (Å²) in [5.74, 6) is 1.09. The Kier molecular flexibility index (Phi) is 7.86. The van der Waals surface area contributed by atoms with Crippen LogP contribution in [0.5, 0.6) is 11.5 Å². The van der Waals surface area contributed by atoms with Crippen LogP contribution in [0, 0.1) is 0 Å². The lowest BCUT2D eigenvalue weighted by molar-refractivity contribution is -0.137. The van der Waals surface area contributed by atoms with Gasteiger partial charge in [0.1, 0.15) is 11.5 Å². The summed E-state index contributed by atoms with van der Waals surface area (Å²) in [5, 5.41) is 6.97. The van der Waals surface area contributed by atoms with Crippen LogP contribution in [0.15, 0.2) is 78.0 Å². The molecule has 0 bridgehead atoms. The molecule has 1 heterocycles. The minimum absolute atomic E-state index is 0.0746. The van der Waals surface area contributed by atoms with Gasteiger partial charge in [0.05, 0.1) is 37.7 Å². The van der Waals surface area contributed by atoms with Crippen LogP contribution in [0.3, 0.4) is 0 Å². The van der Waals surface area contributed by atoms with E-state index in [-0.39, 0.29) is 13.1 Å². The quantitative estimate of drug-likeness (QED) is 0.404. The van der Waals surface area contributed by atoms with Crippen molar-refractivity contribution < 1.29 is 32.3 Å². The molecule has 194 valence electrons. The first kappa shape index (κ1) is 25.9. The molecule has 37 heavy (non-hydrogen) atoms. The third-order valence-corrected chi connectivity index (χ3v) is 5.84. The molecule has 0 aromatic heterocycles. The Morgan fingerprint density at radius 2 is 1.73 bits per heavy atom. The van der Waals surface area contributed by atoms with E-state index >= 15 is 0 Å². The van der Waals surface area contributed by atoms with Crippen molar-refractivity contribution in [3.05, 3.63) is 89.5 Å². The summed E-state index contributed by atoms with van der Waals surface area (Å²) in [6, 6.07) is 18.6. The van der Waals surface area contributed by atoms with Gasteiger partial charge >= 0.3 is 12.2 Å². The summed E-state index contributed by atoms with van der Waals surface area (Å²) in [4.78, 5) is 20.3. The van der Waals surface area contributed by atoms with Gasteiger partial charge in [-0.2, -0.15) is 13.2 Å². The Morgan fingerprint density at radius 1 is 1.03 bits per heavy atom. The van der Waals surface area contributed by atoms with Gasteiger partial charge in [-0.05, 0) is 42.0 Å². The Labute approximate surface area is 212 Å². The van der Waals surface area contributed by atoms with Crippen molar-refractivity contribution >= 4 is 17.4 Å². The molecule has 3 aromatic rings. The highest BCUT2D eigenvalue weighted by Crippen LogP contribution is 2.31. The molecule has 2 amide bonds. The molecule has 1 aliphatic heterocycles. The summed E-state index contributed by atoms with van der Waals surface area (Å²) < 4.78 is 50.5. The summed E-state index contributed by atoms with van der Waals surface area (Å²) in [5.41, 5.74) is 1.41. The van der Waals surface area contributed by atoms with Gasteiger partial charge in [-0.3, -0.25) is 0 Å². The number of benzene rings is 3. The second kappa shape index (κ2) is 11.2. The van der Waals surface area contributed by atoms with Gasteiger partial charge in [-0.1, -0.05) is 41.6 Å². The number of rotatable bonds is 8. The molecule has 1 aliphatic rings. The zero-order valence-electron chi connectivity index (χ0n) is 20.3. The van der Waals surface area contributed by atoms with E-state index in [0.29, 0.717) is 34.9 Å². The maximum atomic E-state index is 13.3. The first-order valence-electron chi connectivity index (χ1n) is 11.5. The maximum Gasteiger partial charge on any atom is 0.416 e. The maximum absolute atomic E-state index is 13.3. The molecule has 4 rings (SSSR count). The zero-order valence-corrected chi connectivity index (χ0v) is 20.3. The summed E-state index contributed by atoms with van der Waals surface area (Å²) >= 11 is 0. The number of urea groups is 1. The fraction of sp³-hybridized carbons (Fsp3) is 0.259. The third kappa shape index (κ3) is 6.32. The number of methoxy groups -OCH3 is 2. The van der Waals surface area contributed by atoms with E-state index in [4.69, 9.17) is 14.3 Å². The Balaban J connectivity index is 1.54. The number of ether oxygens (including phenoxy) is 2. The lowest BCUT2D eigenvalue weighted by Gasteiger charge is -2.26. The van der Waals surface area contributed by atoms with Crippen LogP contribution in [-0.4, -0.2) is 43.5 Å². The standard InChI is InChI=1S/C27H26F3N3O4/c1-35-24-12-5-3-10-21(24)23-15-20(37-32-23)17-33(16-18-8-7-9-19(14-18)27(28,29)30)26(34)31-22-11-4-6-13-25(22)36-2/h3-14,20H,15-17H2,1-2H3,(H,31,34). The van der Waals surface area contributed by atoms with Crippen LogP contribution in [0.2, 0.25) is 0 Å². The zero-order chi connectivity index (χ0) is 26.4. The number of nitrogens with zero attached hydrogens (tertiary/aromatic N) is 2. The summed E-state index contributed by atoms with van der Waals surface area (Å²) in [6.45, 7) is 0.00807. The van der Waals surface area contributed by atoms with Crippen LogP contribution in [0.25, 0.3) is 0 Å². The molecular formula is C27H26F3N3O4. The Bertz CT molecular complexity index is 1280. The van der Waals surface area contributed by atoms with Gasteiger partial charge in [-0.25, -0.2) is 4.79 Å².